The number of thiazole rings is 1. The van der Waals surface area contributed by atoms with E-state index in [4.69, 9.17) is 11.0 Å². The lowest BCUT2D eigenvalue weighted by molar-refractivity contribution is 0.0955. The van der Waals surface area contributed by atoms with Crippen LogP contribution >= 0.6 is 11.3 Å². The lowest BCUT2D eigenvalue weighted by Crippen LogP contribution is -2.21. The smallest absolute Gasteiger partial charge is 0.263 e. The number of amides is 1. The highest BCUT2D eigenvalue weighted by molar-refractivity contribution is 7.17. The number of nitrogens with one attached hydrogen (secondary N) is 1. The Bertz CT molecular complexity index is 597. The molecule has 1 aromatic carbocycles. The summed E-state index contributed by atoms with van der Waals surface area (Å²) < 4.78 is 0. The summed E-state index contributed by atoms with van der Waals surface area (Å²) in [6, 6.07) is 9.08. The lowest BCUT2D eigenvalue weighted by Gasteiger charge is -2.03. The van der Waals surface area contributed by atoms with Crippen molar-refractivity contribution in [1.82, 2.24) is 10.3 Å². The number of nitrogen functional groups attached to an aromatic ring is 1. The molecule has 5 nitrogen and oxygen atoms in total. The second kappa shape index (κ2) is 5.29. The second-order valence-electron chi connectivity index (χ2n) is 3.55. The number of aromatic nitrogens is 1. The van der Waals surface area contributed by atoms with Gasteiger partial charge in [0, 0.05) is 6.54 Å². The molecule has 0 bridgehead atoms. The van der Waals surface area contributed by atoms with Crippen molar-refractivity contribution in [2.75, 3.05) is 5.73 Å². The van der Waals surface area contributed by atoms with Gasteiger partial charge in [0.05, 0.1) is 17.8 Å². The summed E-state index contributed by atoms with van der Waals surface area (Å²) in [4.78, 5) is 16.0. The summed E-state index contributed by atoms with van der Waals surface area (Å²) in [5, 5.41) is 11.8. The topological polar surface area (TPSA) is 91.8 Å². The maximum atomic E-state index is 11.7. The van der Waals surface area contributed by atoms with E-state index in [-0.39, 0.29) is 5.91 Å². The number of carbonyl (C=O) groups excluding carboxylic acids is 1. The van der Waals surface area contributed by atoms with Crippen molar-refractivity contribution >= 4 is 22.4 Å². The largest absolute Gasteiger partial charge is 0.375 e. The highest BCUT2D eigenvalue weighted by Gasteiger charge is 2.08. The number of hydrogen-bond acceptors (Lipinski definition) is 5. The van der Waals surface area contributed by atoms with Gasteiger partial charge in [0.25, 0.3) is 5.91 Å². The monoisotopic (exact) mass is 258 g/mol. The van der Waals surface area contributed by atoms with E-state index in [9.17, 15) is 4.79 Å². The van der Waals surface area contributed by atoms with Crippen LogP contribution in [0.25, 0.3) is 0 Å². The van der Waals surface area contributed by atoms with E-state index < -0.39 is 0 Å². The zero-order valence-electron chi connectivity index (χ0n) is 9.38. The molecule has 0 unspecified atom stereocenters. The van der Waals surface area contributed by atoms with Crippen molar-refractivity contribution < 1.29 is 4.79 Å². The Morgan fingerprint density at radius 1 is 1.44 bits per heavy atom. The van der Waals surface area contributed by atoms with E-state index in [1.54, 1.807) is 24.3 Å². The first-order valence-electron chi connectivity index (χ1n) is 5.17. The van der Waals surface area contributed by atoms with E-state index in [0.29, 0.717) is 22.1 Å². The average molecular weight is 258 g/mol. The minimum atomic E-state index is -0.200. The molecular formula is C12H10N4OS. The predicted molar refractivity (Wildman–Crippen MR) is 68.9 cm³/mol. The molecule has 6 heteroatoms. The molecule has 1 aromatic heterocycles. The number of nitriles is 1. The maximum Gasteiger partial charge on any atom is 0.263 e. The fourth-order valence-corrected chi connectivity index (χ4v) is 1.96. The molecule has 0 aliphatic carbocycles. The van der Waals surface area contributed by atoms with Crippen LogP contribution in [-0.2, 0) is 6.54 Å². The number of carbonyl (C=O) groups is 1. The summed E-state index contributed by atoms with van der Waals surface area (Å²) in [5.41, 5.74) is 6.98. The Hall–Kier alpha value is -2.39. The highest BCUT2D eigenvalue weighted by atomic mass is 32.1. The molecule has 0 fully saturated rings. The van der Waals surface area contributed by atoms with Crippen LogP contribution in [-0.4, -0.2) is 10.9 Å². The molecule has 0 atom stereocenters. The van der Waals surface area contributed by atoms with Gasteiger partial charge in [-0.05, 0) is 17.7 Å². The Balaban J connectivity index is 1.95. The van der Waals surface area contributed by atoms with Crippen LogP contribution in [0.3, 0.4) is 0 Å². The lowest BCUT2D eigenvalue weighted by atomic mass is 10.1. The molecule has 0 radical (unpaired) electrons. The maximum absolute atomic E-state index is 11.7. The van der Waals surface area contributed by atoms with Crippen LogP contribution in [0.2, 0.25) is 0 Å². The SMILES string of the molecule is N#Cc1ccc(CNC(=O)c2cnc(N)s2)cc1. The highest BCUT2D eigenvalue weighted by Crippen LogP contribution is 2.14. The van der Waals surface area contributed by atoms with Crippen LogP contribution in [0.15, 0.2) is 30.5 Å². The molecule has 90 valence electrons. The van der Waals surface area contributed by atoms with Gasteiger partial charge in [-0.15, -0.1) is 0 Å². The van der Waals surface area contributed by atoms with Gasteiger partial charge in [-0.3, -0.25) is 4.79 Å². The van der Waals surface area contributed by atoms with Gasteiger partial charge in [0.15, 0.2) is 5.13 Å². The van der Waals surface area contributed by atoms with Crippen LogP contribution in [0.5, 0.6) is 0 Å². The van der Waals surface area contributed by atoms with Crippen molar-refractivity contribution in [2.45, 2.75) is 6.54 Å². The van der Waals surface area contributed by atoms with E-state index in [1.165, 1.54) is 6.20 Å². The van der Waals surface area contributed by atoms with E-state index in [0.717, 1.165) is 16.9 Å². The standard InChI is InChI=1S/C12H10N4OS/c13-5-8-1-3-9(4-2-8)6-15-11(17)10-7-16-12(14)18-10/h1-4,7H,6H2,(H2,14,16)(H,15,17). The van der Waals surface area contributed by atoms with Gasteiger partial charge in [0.2, 0.25) is 0 Å². The third-order valence-corrected chi connectivity index (χ3v) is 3.11. The second-order valence-corrected chi connectivity index (χ2v) is 4.62. The van der Waals surface area contributed by atoms with Crippen LogP contribution < -0.4 is 11.1 Å². The molecule has 0 aliphatic rings. The molecule has 2 rings (SSSR count). The molecule has 0 saturated carbocycles. The first kappa shape index (κ1) is 12.1. The first-order chi connectivity index (χ1) is 8.69. The average Bonchev–Trinajstić information content (AvgIpc) is 2.83. The molecule has 0 aliphatic heterocycles. The predicted octanol–water partition coefficient (Wildman–Crippen LogP) is 1.53. The molecule has 0 saturated heterocycles. The van der Waals surface area contributed by atoms with Crippen LogP contribution in [0.1, 0.15) is 20.8 Å². The number of nitrogens with zero attached hydrogens (tertiary/aromatic N) is 2. The molecule has 2 aromatic rings. The van der Waals surface area contributed by atoms with Gasteiger partial charge in [0.1, 0.15) is 4.88 Å². The van der Waals surface area contributed by atoms with Crippen molar-refractivity contribution in [2.24, 2.45) is 0 Å². The third kappa shape index (κ3) is 2.84. The summed E-state index contributed by atoms with van der Waals surface area (Å²) in [5.74, 6) is -0.200. The zero-order chi connectivity index (χ0) is 13.0. The van der Waals surface area contributed by atoms with Gasteiger partial charge >= 0.3 is 0 Å². The fraction of sp³-hybridized carbons (Fsp3) is 0.0833. The molecule has 1 heterocycles. The Labute approximate surface area is 108 Å². The molecule has 1 amide bonds. The minimum Gasteiger partial charge on any atom is -0.375 e. The summed E-state index contributed by atoms with van der Waals surface area (Å²) >= 11 is 1.15. The van der Waals surface area contributed by atoms with Gasteiger partial charge in [-0.25, -0.2) is 4.98 Å². The zero-order valence-corrected chi connectivity index (χ0v) is 10.2. The fourth-order valence-electron chi connectivity index (χ4n) is 1.36. The van der Waals surface area contributed by atoms with E-state index in [1.807, 2.05) is 6.07 Å². The normalized spacial score (nSPS) is 9.72. The van der Waals surface area contributed by atoms with Crippen molar-refractivity contribution in [3.05, 3.63) is 46.5 Å². The number of benzene rings is 1. The van der Waals surface area contributed by atoms with Crippen LogP contribution in [0.4, 0.5) is 5.13 Å². The van der Waals surface area contributed by atoms with Crippen molar-refractivity contribution in [3.63, 3.8) is 0 Å². The van der Waals surface area contributed by atoms with E-state index in [2.05, 4.69) is 10.3 Å². The van der Waals surface area contributed by atoms with Gasteiger partial charge < -0.3 is 11.1 Å². The Kier molecular flexibility index (Phi) is 3.55. The van der Waals surface area contributed by atoms with E-state index >= 15 is 0 Å². The molecular weight excluding hydrogens is 248 g/mol. The molecule has 18 heavy (non-hydrogen) atoms. The number of hydrogen-bond donors (Lipinski definition) is 2. The Morgan fingerprint density at radius 2 is 2.17 bits per heavy atom. The number of rotatable bonds is 3. The Morgan fingerprint density at radius 3 is 2.72 bits per heavy atom. The van der Waals surface area contributed by atoms with Gasteiger partial charge in [-0.1, -0.05) is 23.5 Å². The molecule has 0 spiro atoms. The summed E-state index contributed by atoms with van der Waals surface area (Å²) in [6.45, 7) is 0.405. The summed E-state index contributed by atoms with van der Waals surface area (Å²) in [7, 11) is 0. The van der Waals surface area contributed by atoms with Crippen molar-refractivity contribution in [3.8, 4) is 6.07 Å². The third-order valence-electron chi connectivity index (χ3n) is 2.28. The minimum absolute atomic E-state index is 0.200. The van der Waals surface area contributed by atoms with Crippen molar-refractivity contribution in [1.29, 1.82) is 5.26 Å². The van der Waals surface area contributed by atoms with Gasteiger partial charge in [-0.2, -0.15) is 5.26 Å². The summed E-state index contributed by atoms with van der Waals surface area (Å²) in [6.07, 6.45) is 1.45. The first-order valence-corrected chi connectivity index (χ1v) is 5.99. The molecule has 3 N–H and O–H groups in total. The quantitative estimate of drug-likeness (QED) is 0.873. The number of anilines is 1. The van der Waals surface area contributed by atoms with Crippen LogP contribution in [0, 0.1) is 11.3 Å². The number of nitrogens with two attached hydrogens (primary N) is 1.